The van der Waals surface area contributed by atoms with Crippen molar-refractivity contribution in [3.8, 4) is 0 Å². The van der Waals surface area contributed by atoms with Crippen LogP contribution in [0.15, 0.2) is 115 Å². The zero-order valence-corrected chi connectivity index (χ0v) is 20.3. The number of β-amino-alcohol motifs (C(OH)–C–C–N with tert-alkyl or cyclic N) is 1. The fraction of sp³-hybridized carbons (Fsp3) is 0.250. The van der Waals surface area contributed by atoms with Gasteiger partial charge in [0.1, 0.15) is 5.60 Å². The van der Waals surface area contributed by atoms with Gasteiger partial charge in [0.05, 0.1) is 12.7 Å². The molecule has 1 fully saturated rings. The molecule has 3 heteroatoms. The zero-order chi connectivity index (χ0) is 24.1. The van der Waals surface area contributed by atoms with Crippen molar-refractivity contribution in [1.82, 2.24) is 4.90 Å². The van der Waals surface area contributed by atoms with E-state index in [1.165, 1.54) is 5.56 Å². The summed E-state index contributed by atoms with van der Waals surface area (Å²) in [7, 11) is 2.07. The third-order valence-electron chi connectivity index (χ3n) is 7.22. The smallest absolute Gasteiger partial charge is 0.144 e. The van der Waals surface area contributed by atoms with Crippen molar-refractivity contribution in [2.45, 2.75) is 30.7 Å². The van der Waals surface area contributed by atoms with Crippen molar-refractivity contribution in [3.63, 3.8) is 0 Å². The van der Waals surface area contributed by atoms with E-state index in [2.05, 4.69) is 109 Å². The summed E-state index contributed by atoms with van der Waals surface area (Å²) in [6.45, 7) is 2.12. The Morgan fingerprint density at radius 1 is 0.743 bits per heavy atom. The number of rotatable bonds is 7. The topological polar surface area (TPSA) is 32.7 Å². The van der Waals surface area contributed by atoms with Gasteiger partial charge in [-0.2, -0.15) is 0 Å². The van der Waals surface area contributed by atoms with Gasteiger partial charge < -0.3 is 14.7 Å². The summed E-state index contributed by atoms with van der Waals surface area (Å²) in [5.41, 5.74) is 4.84. The Hall–Kier alpha value is -3.24. The molecule has 0 bridgehead atoms. The number of hydrogen-bond donors (Lipinski definition) is 1. The van der Waals surface area contributed by atoms with Gasteiger partial charge in [0.25, 0.3) is 0 Å². The standard InChI is InChI=1S/C32H33NO2/c1-33-22-21-30(31(34)23-33)29-20-12-11-13-25(29)24-35-32(26-14-5-2-6-15-26,27-16-7-3-8-17-27)28-18-9-4-10-19-28/h2-20,30-31,34H,21-24H2,1H3/t30-,31+/m0/s1. The molecule has 1 aliphatic rings. The maximum atomic E-state index is 10.9. The van der Waals surface area contributed by atoms with Crippen molar-refractivity contribution in [2.24, 2.45) is 0 Å². The van der Waals surface area contributed by atoms with Crippen LogP contribution in [0.2, 0.25) is 0 Å². The minimum atomic E-state index is -0.762. The summed E-state index contributed by atoms with van der Waals surface area (Å²) in [5.74, 6) is 0.116. The summed E-state index contributed by atoms with van der Waals surface area (Å²) in [6.07, 6.45) is 0.563. The van der Waals surface area contributed by atoms with Crippen LogP contribution in [-0.2, 0) is 16.9 Å². The second kappa shape index (κ2) is 10.6. The molecular formula is C32H33NO2. The van der Waals surface area contributed by atoms with E-state index in [0.717, 1.165) is 35.2 Å². The second-order valence-corrected chi connectivity index (χ2v) is 9.49. The molecule has 1 N–H and O–H groups in total. The monoisotopic (exact) mass is 463 g/mol. The van der Waals surface area contributed by atoms with Crippen LogP contribution in [0.1, 0.15) is 40.2 Å². The quantitative estimate of drug-likeness (QED) is 0.343. The van der Waals surface area contributed by atoms with Gasteiger partial charge in [-0.3, -0.25) is 0 Å². The number of nitrogens with zero attached hydrogens (tertiary/aromatic N) is 1. The molecule has 1 aliphatic heterocycles. The lowest BCUT2D eigenvalue weighted by atomic mass is 9.80. The minimum absolute atomic E-state index is 0.116. The predicted octanol–water partition coefficient (Wildman–Crippen LogP) is 5.98. The molecule has 1 saturated heterocycles. The van der Waals surface area contributed by atoms with Crippen molar-refractivity contribution in [2.75, 3.05) is 20.1 Å². The van der Waals surface area contributed by atoms with Gasteiger partial charge in [0.15, 0.2) is 0 Å². The number of hydrogen-bond acceptors (Lipinski definition) is 3. The fourth-order valence-electron chi connectivity index (χ4n) is 5.43. The Kier molecular flexibility index (Phi) is 7.10. The van der Waals surface area contributed by atoms with Crippen LogP contribution < -0.4 is 0 Å². The van der Waals surface area contributed by atoms with Gasteiger partial charge in [-0.1, -0.05) is 115 Å². The van der Waals surface area contributed by atoms with Crippen molar-refractivity contribution < 1.29 is 9.84 Å². The van der Waals surface area contributed by atoms with E-state index >= 15 is 0 Å². The van der Waals surface area contributed by atoms with E-state index in [-0.39, 0.29) is 12.0 Å². The van der Waals surface area contributed by atoms with Gasteiger partial charge in [0.2, 0.25) is 0 Å². The fourth-order valence-corrected chi connectivity index (χ4v) is 5.43. The van der Waals surface area contributed by atoms with Gasteiger partial charge in [-0.25, -0.2) is 0 Å². The van der Waals surface area contributed by atoms with Crippen LogP contribution >= 0.6 is 0 Å². The Morgan fingerprint density at radius 3 is 1.74 bits per heavy atom. The van der Waals surface area contributed by atoms with Crippen LogP contribution in [0.4, 0.5) is 0 Å². The van der Waals surface area contributed by atoms with Gasteiger partial charge >= 0.3 is 0 Å². The number of aliphatic hydroxyl groups excluding tert-OH is 1. The molecule has 2 atom stereocenters. The largest absolute Gasteiger partial charge is 0.391 e. The van der Waals surface area contributed by atoms with Crippen molar-refractivity contribution in [3.05, 3.63) is 143 Å². The lowest BCUT2D eigenvalue weighted by molar-refractivity contribution is -0.00106. The third kappa shape index (κ3) is 4.81. The number of aliphatic hydroxyl groups is 1. The molecule has 3 nitrogen and oxygen atoms in total. The molecule has 0 amide bonds. The molecule has 0 spiro atoms. The third-order valence-corrected chi connectivity index (χ3v) is 7.22. The molecule has 0 unspecified atom stereocenters. The maximum Gasteiger partial charge on any atom is 0.144 e. The van der Waals surface area contributed by atoms with E-state index in [0.29, 0.717) is 13.2 Å². The summed E-state index contributed by atoms with van der Waals surface area (Å²) >= 11 is 0. The Balaban J connectivity index is 1.58. The lowest BCUT2D eigenvalue weighted by Crippen LogP contribution is -2.40. The first kappa shape index (κ1) is 23.5. The molecule has 0 radical (unpaired) electrons. The molecule has 1 heterocycles. The Labute approximate surface area is 208 Å². The van der Waals surface area contributed by atoms with Crippen LogP contribution in [0.5, 0.6) is 0 Å². The zero-order valence-electron chi connectivity index (χ0n) is 20.3. The molecule has 4 aromatic carbocycles. The van der Waals surface area contributed by atoms with Crippen LogP contribution in [0, 0.1) is 0 Å². The molecule has 0 saturated carbocycles. The summed E-state index contributed by atoms with van der Waals surface area (Å²) in [4.78, 5) is 2.20. The summed E-state index contributed by atoms with van der Waals surface area (Å²) < 4.78 is 7.07. The molecule has 0 aliphatic carbocycles. The SMILES string of the molecule is CN1CC[C@@H](c2ccccc2COC(c2ccccc2)(c2ccccc2)c2ccccc2)[C@H](O)C1. The highest BCUT2D eigenvalue weighted by Crippen LogP contribution is 2.42. The van der Waals surface area contributed by atoms with E-state index in [9.17, 15) is 5.11 Å². The molecule has 178 valence electrons. The highest BCUT2D eigenvalue weighted by molar-refractivity contribution is 5.47. The summed E-state index contributed by atoms with van der Waals surface area (Å²) in [6, 6.07) is 39.9. The number of benzene rings is 4. The van der Waals surface area contributed by atoms with Crippen molar-refractivity contribution >= 4 is 0 Å². The first-order valence-electron chi connectivity index (χ1n) is 12.4. The Morgan fingerprint density at radius 2 is 1.23 bits per heavy atom. The van der Waals surface area contributed by atoms with E-state index < -0.39 is 5.60 Å². The average Bonchev–Trinajstić information content (AvgIpc) is 2.91. The normalized spacial score (nSPS) is 18.9. The van der Waals surface area contributed by atoms with E-state index in [1.54, 1.807) is 0 Å². The van der Waals surface area contributed by atoms with Gasteiger partial charge in [-0.15, -0.1) is 0 Å². The highest BCUT2D eigenvalue weighted by atomic mass is 16.5. The first-order chi connectivity index (χ1) is 17.2. The van der Waals surface area contributed by atoms with Crippen LogP contribution in [0.25, 0.3) is 0 Å². The number of likely N-dealkylation sites (N-methyl/N-ethyl adjacent to an activating group) is 1. The van der Waals surface area contributed by atoms with Gasteiger partial charge in [-0.05, 0) is 47.8 Å². The molecule has 4 aromatic rings. The molecule has 5 rings (SSSR count). The number of piperidine rings is 1. The average molecular weight is 464 g/mol. The summed E-state index contributed by atoms with van der Waals surface area (Å²) in [5, 5.41) is 10.9. The highest BCUT2D eigenvalue weighted by Gasteiger charge is 2.38. The minimum Gasteiger partial charge on any atom is -0.391 e. The number of ether oxygens (including phenoxy) is 1. The number of likely N-dealkylation sites (tertiary alicyclic amines) is 1. The molecule has 35 heavy (non-hydrogen) atoms. The predicted molar refractivity (Wildman–Crippen MR) is 141 cm³/mol. The second-order valence-electron chi connectivity index (χ2n) is 9.49. The van der Waals surface area contributed by atoms with E-state index in [4.69, 9.17) is 4.74 Å². The molecular weight excluding hydrogens is 430 g/mol. The molecule has 0 aromatic heterocycles. The van der Waals surface area contributed by atoms with Gasteiger partial charge in [0, 0.05) is 12.5 Å². The lowest BCUT2D eigenvalue weighted by Gasteiger charge is -2.37. The van der Waals surface area contributed by atoms with Crippen molar-refractivity contribution in [1.29, 1.82) is 0 Å². The van der Waals surface area contributed by atoms with Crippen LogP contribution in [-0.4, -0.2) is 36.2 Å². The maximum absolute atomic E-state index is 10.9. The van der Waals surface area contributed by atoms with E-state index in [1.807, 2.05) is 18.2 Å². The van der Waals surface area contributed by atoms with Crippen LogP contribution in [0.3, 0.4) is 0 Å². The Bertz CT molecular complexity index is 1110. The first-order valence-corrected chi connectivity index (χ1v) is 12.4.